The summed E-state index contributed by atoms with van der Waals surface area (Å²) in [5.74, 6) is 2.27. The zero-order chi connectivity index (χ0) is 16.9. The number of aryl methyl sites for hydroxylation is 1. The molecule has 2 atom stereocenters. The van der Waals surface area contributed by atoms with Gasteiger partial charge in [-0.15, -0.1) is 0 Å². The number of rotatable bonds is 4. The van der Waals surface area contributed by atoms with Crippen LogP contribution in [0, 0.1) is 18.8 Å². The highest BCUT2D eigenvalue weighted by Crippen LogP contribution is 2.24. The molecule has 0 aromatic carbocycles. The number of carbonyl (C=O) groups excluding carboxylic acids is 1. The number of nitrogens with one attached hydrogen (secondary N) is 1. The van der Waals surface area contributed by atoms with Gasteiger partial charge in [0.15, 0.2) is 0 Å². The Morgan fingerprint density at radius 3 is 2.92 bits per heavy atom. The zero-order valence-corrected chi connectivity index (χ0v) is 15.6. The molecular formula is C17H29N5OS. The minimum Gasteiger partial charge on any atom is -0.345 e. The Labute approximate surface area is 148 Å². The van der Waals surface area contributed by atoms with Crippen LogP contribution in [0.3, 0.4) is 0 Å². The highest BCUT2D eigenvalue weighted by atomic mass is 32.1. The molecule has 1 aromatic heterocycles. The van der Waals surface area contributed by atoms with Crippen molar-refractivity contribution in [1.29, 1.82) is 0 Å². The summed E-state index contributed by atoms with van der Waals surface area (Å²) in [6.07, 6.45) is 4.18. The summed E-state index contributed by atoms with van der Waals surface area (Å²) in [5.41, 5.74) is 0. The van der Waals surface area contributed by atoms with E-state index in [2.05, 4.69) is 31.4 Å². The van der Waals surface area contributed by atoms with E-state index < -0.39 is 0 Å². The monoisotopic (exact) mass is 351 g/mol. The standard InChI is InChI=1S/C17H29N5OS/c1-13(15-5-3-6-18-12-15)11-16(23)21-7-4-8-22(10-9-21)17-19-14(2)20-24-17/h13,15,18H,3-12H2,1-2H3. The molecular weight excluding hydrogens is 322 g/mol. The minimum absolute atomic E-state index is 0.323. The van der Waals surface area contributed by atoms with Gasteiger partial charge in [0.1, 0.15) is 5.82 Å². The highest BCUT2D eigenvalue weighted by molar-refractivity contribution is 7.09. The molecule has 24 heavy (non-hydrogen) atoms. The van der Waals surface area contributed by atoms with Crippen molar-refractivity contribution in [2.45, 2.75) is 39.5 Å². The van der Waals surface area contributed by atoms with Gasteiger partial charge in [-0.3, -0.25) is 4.79 Å². The topological polar surface area (TPSA) is 61.4 Å². The Balaban J connectivity index is 1.50. The van der Waals surface area contributed by atoms with Gasteiger partial charge in [-0.05, 0) is 51.1 Å². The maximum absolute atomic E-state index is 12.7. The first kappa shape index (κ1) is 17.6. The van der Waals surface area contributed by atoms with Crippen molar-refractivity contribution in [1.82, 2.24) is 19.6 Å². The van der Waals surface area contributed by atoms with Gasteiger partial charge in [-0.2, -0.15) is 4.37 Å². The van der Waals surface area contributed by atoms with Gasteiger partial charge in [0.2, 0.25) is 11.0 Å². The number of aromatic nitrogens is 2. The molecule has 2 saturated heterocycles. The molecule has 134 valence electrons. The van der Waals surface area contributed by atoms with E-state index in [1.807, 2.05) is 6.92 Å². The Bertz CT molecular complexity index is 543. The van der Waals surface area contributed by atoms with Gasteiger partial charge >= 0.3 is 0 Å². The number of anilines is 1. The van der Waals surface area contributed by atoms with Crippen LogP contribution in [0.25, 0.3) is 0 Å². The molecule has 6 nitrogen and oxygen atoms in total. The molecule has 3 heterocycles. The molecule has 1 aromatic rings. The fraction of sp³-hybridized carbons (Fsp3) is 0.824. The number of amides is 1. The second kappa shape index (κ2) is 8.25. The molecule has 2 aliphatic rings. The summed E-state index contributed by atoms with van der Waals surface area (Å²) in [6.45, 7) is 9.85. The summed E-state index contributed by atoms with van der Waals surface area (Å²) < 4.78 is 4.27. The molecule has 0 spiro atoms. The number of piperidine rings is 1. The maximum atomic E-state index is 12.7. The van der Waals surface area contributed by atoms with Crippen LogP contribution < -0.4 is 10.2 Å². The molecule has 0 saturated carbocycles. The lowest BCUT2D eigenvalue weighted by atomic mass is 9.85. The smallest absolute Gasteiger partial charge is 0.222 e. The third kappa shape index (κ3) is 4.45. The molecule has 2 aliphatic heterocycles. The second-order valence-corrected chi connectivity index (χ2v) is 7.86. The lowest BCUT2D eigenvalue weighted by Crippen LogP contribution is -2.38. The number of hydrogen-bond acceptors (Lipinski definition) is 6. The van der Waals surface area contributed by atoms with Crippen LogP contribution in [0.2, 0.25) is 0 Å². The Kier molecular flexibility index (Phi) is 6.05. The first-order chi connectivity index (χ1) is 11.6. The van der Waals surface area contributed by atoms with Crippen LogP contribution >= 0.6 is 11.5 Å². The molecule has 0 aliphatic carbocycles. The van der Waals surface area contributed by atoms with E-state index in [1.165, 1.54) is 24.4 Å². The van der Waals surface area contributed by atoms with Crippen LogP contribution in [0.5, 0.6) is 0 Å². The van der Waals surface area contributed by atoms with Crippen molar-refractivity contribution < 1.29 is 4.79 Å². The van der Waals surface area contributed by atoms with Crippen LogP contribution in [0.1, 0.15) is 38.4 Å². The lowest BCUT2D eigenvalue weighted by Gasteiger charge is -2.30. The van der Waals surface area contributed by atoms with Gasteiger partial charge < -0.3 is 15.1 Å². The van der Waals surface area contributed by atoms with E-state index in [4.69, 9.17) is 0 Å². The second-order valence-electron chi connectivity index (χ2n) is 7.13. The summed E-state index contributed by atoms with van der Waals surface area (Å²) in [4.78, 5) is 21.5. The molecule has 1 N–H and O–H groups in total. The van der Waals surface area contributed by atoms with Gasteiger partial charge in [-0.25, -0.2) is 4.98 Å². The van der Waals surface area contributed by atoms with Crippen molar-refractivity contribution >= 4 is 22.6 Å². The Morgan fingerprint density at radius 2 is 2.21 bits per heavy atom. The van der Waals surface area contributed by atoms with Crippen LogP contribution in [-0.2, 0) is 4.79 Å². The van der Waals surface area contributed by atoms with Gasteiger partial charge in [0.25, 0.3) is 0 Å². The van der Waals surface area contributed by atoms with Gasteiger partial charge in [0.05, 0.1) is 0 Å². The maximum Gasteiger partial charge on any atom is 0.222 e. The molecule has 0 radical (unpaired) electrons. The number of nitrogens with zero attached hydrogens (tertiary/aromatic N) is 4. The third-order valence-corrected chi connectivity index (χ3v) is 6.14. The largest absolute Gasteiger partial charge is 0.345 e. The van der Waals surface area contributed by atoms with Crippen LogP contribution in [0.4, 0.5) is 5.13 Å². The van der Waals surface area contributed by atoms with Crippen molar-refractivity contribution in [3.63, 3.8) is 0 Å². The molecule has 2 fully saturated rings. The highest BCUT2D eigenvalue weighted by Gasteiger charge is 2.26. The Morgan fingerprint density at radius 1 is 1.33 bits per heavy atom. The average molecular weight is 352 g/mol. The van der Waals surface area contributed by atoms with E-state index in [-0.39, 0.29) is 0 Å². The molecule has 7 heteroatoms. The first-order valence-electron chi connectivity index (χ1n) is 9.17. The van der Waals surface area contributed by atoms with E-state index in [0.717, 1.165) is 56.6 Å². The van der Waals surface area contributed by atoms with Crippen molar-refractivity contribution in [2.24, 2.45) is 11.8 Å². The van der Waals surface area contributed by atoms with Gasteiger partial charge in [-0.1, -0.05) is 6.92 Å². The number of carbonyl (C=O) groups is 1. The fourth-order valence-electron chi connectivity index (χ4n) is 3.71. The SMILES string of the molecule is Cc1nsc(N2CCCN(C(=O)CC(C)C3CCCNC3)CC2)n1. The van der Waals surface area contributed by atoms with E-state index >= 15 is 0 Å². The van der Waals surface area contributed by atoms with Crippen molar-refractivity contribution in [3.8, 4) is 0 Å². The van der Waals surface area contributed by atoms with Crippen LogP contribution in [-0.4, -0.2) is 59.4 Å². The summed E-state index contributed by atoms with van der Waals surface area (Å²) in [7, 11) is 0. The normalized spacial score (nSPS) is 23.8. The van der Waals surface area contributed by atoms with Crippen molar-refractivity contribution in [3.05, 3.63) is 5.82 Å². The predicted octanol–water partition coefficient (Wildman–Crippen LogP) is 1.91. The lowest BCUT2D eigenvalue weighted by molar-refractivity contribution is -0.132. The van der Waals surface area contributed by atoms with Crippen molar-refractivity contribution in [2.75, 3.05) is 44.2 Å². The quantitative estimate of drug-likeness (QED) is 0.898. The van der Waals surface area contributed by atoms with Gasteiger partial charge in [0, 0.05) is 44.1 Å². The summed E-state index contributed by atoms with van der Waals surface area (Å²) in [5, 5.41) is 4.45. The predicted molar refractivity (Wildman–Crippen MR) is 97.4 cm³/mol. The molecule has 1 amide bonds. The third-order valence-electron chi connectivity index (χ3n) is 5.27. The zero-order valence-electron chi connectivity index (χ0n) is 14.8. The first-order valence-corrected chi connectivity index (χ1v) is 9.94. The molecule has 3 rings (SSSR count). The summed E-state index contributed by atoms with van der Waals surface area (Å²) in [6, 6.07) is 0. The van der Waals surface area contributed by atoms with E-state index in [9.17, 15) is 4.79 Å². The molecule has 2 unspecified atom stereocenters. The Hall–Kier alpha value is -1.21. The van der Waals surface area contributed by atoms with E-state index in [0.29, 0.717) is 24.2 Å². The van der Waals surface area contributed by atoms with E-state index in [1.54, 1.807) is 0 Å². The number of hydrogen-bond donors (Lipinski definition) is 1. The molecule has 0 bridgehead atoms. The average Bonchev–Trinajstić information content (AvgIpc) is 2.88. The van der Waals surface area contributed by atoms with Crippen LogP contribution in [0.15, 0.2) is 0 Å². The summed E-state index contributed by atoms with van der Waals surface area (Å²) >= 11 is 1.46. The fourth-order valence-corrected chi connectivity index (χ4v) is 4.43. The minimum atomic E-state index is 0.323.